The van der Waals surface area contributed by atoms with Crippen molar-refractivity contribution in [1.82, 2.24) is 0 Å². The molecule has 68 valence electrons. The summed E-state index contributed by atoms with van der Waals surface area (Å²) >= 11 is 0. The van der Waals surface area contributed by atoms with E-state index in [0.717, 1.165) is 26.1 Å². The number of carboxylic acid groups (broad SMARTS) is 1. The minimum absolute atomic E-state index is 0.0751. The molecular formula is C9H14O3. The Morgan fingerprint density at radius 3 is 2.58 bits per heavy atom. The molecule has 2 aliphatic rings. The summed E-state index contributed by atoms with van der Waals surface area (Å²) in [4.78, 5) is 10.6. The fourth-order valence-corrected chi connectivity index (χ4v) is 2.19. The van der Waals surface area contributed by atoms with E-state index in [1.165, 1.54) is 0 Å². The van der Waals surface area contributed by atoms with Crippen molar-refractivity contribution < 1.29 is 14.6 Å². The van der Waals surface area contributed by atoms with Gasteiger partial charge in [0.15, 0.2) is 0 Å². The van der Waals surface area contributed by atoms with Crippen LogP contribution in [0.15, 0.2) is 0 Å². The van der Waals surface area contributed by atoms with Crippen molar-refractivity contribution in [3.8, 4) is 0 Å². The van der Waals surface area contributed by atoms with Crippen LogP contribution in [0.4, 0.5) is 0 Å². The van der Waals surface area contributed by atoms with Gasteiger partial charge in [0, 0.05) is 5.41 Å². The zero-order valence-corrected chi connectivity index (χ0v) is 7.25. The van der Waals surface area contributed by atoms with Gasteiger partial charge in [0.2, 0.25) is 0 Å². The fraction of sp³-hybridized carbons (Fsp3) is 0.889. The Kier molecular flexibility index (Phi) is 1.65. The number of hydrogen-bond acceptors (Lipinski definition) is 2. The summed E-state index contributed by atoms with van der Waals surface area (Å²) in [5.41, 5.74) is 0.225. The Labute approximate surface area is 71.7 Å². The summed E-state index contributed by atoms with van der Waals surface area (Å²) < 4.78 is 5.17. The second kappa shape index (κ2) is 2.46. The second-order valence-electron chi connectivity index (χ2n) is 4.00. The van der Waals surface area contributed by atoms with Crippen molar-refractivity contribution in [3.63, 3.8) is 0 Å². The Morgan fingerprint density at radius 1 is 1.67 bits per heavy atom. The van der Waals surface area contributed by atoms with Gasteiger partial charge in [0.05, 0.1) is 19.1 Å². The molecule has 2 unspecified atom stereocenters. The van der Waals surface area contributed by atoms with Gasteiger partial charge in [-0.05, 0) is 18.8 Å². The van der Waals surface area contributed by atoms with Crippen molar-refractivity contribution in [2.75, 3.05) is 13.2 Å². The number of hydrogen-bond donors (Lipinski definition) is 1. The summed E-state index contributed by atoms with van der Waals surface area (Å²) in [6.45, 7) is 3.68. The summed E-state index contributed by atoms with van der Waals surface area (Å²) in [7, 11) is 0. The van der Waals surface area contributed by atoms with Gasteiger partial charge < -0.3 is 9.84 Å². The lowest BCUT2D eigenvalue weighted by Gasteiger charge is -2.41. The maximum atomic E-state index is 10.6. The first-order chi connectivity index (χ1) is 5.69. The lowest BCUT2D eigenvalue weighted by molar-refractivity contribution is -0.147. The van der Waals surface area contributed by atoms with E-state index in [4.69, 9.17) is 9.84 Å². The lowest BCUT2D eigenvalue weighted by Crippen LogP contribution is -2.44. The SMILES string of the molecule is CCC1(C2CC2C(=O)O)COC1. The number of rotatable bonds is 3. The molecule has 0 amide bonds. The Hall–Kier alpha value is -0.570. The van der Waals surface area contributed by atoms with Crippen LogP contribution in [0.3, 0.4) is 0 Å². The van der Waals surface area contributed by atoms with E-state index < -0.39 is 5.97 Å². The van der Waals surface area contributed by atoms with Gasteiger partial charge in [-0.2, -0.15) is 0 Å². The van der Waals surface area contributed by atoms with Gasteiger partial charge >= 0.3 is 5.97 Å². The van der Waals surface area contributed by atoms with E-state index in [9.17, 15) is 4.79 Å². The quantitative estimate of drug-likeness (QED) is 0.690. The third kappa shape index (κ3) is 0.959. The minimum Gasteiger partial charge on any atom is -0.481 e. The molecular weight excluding hydrogens is 156 g/mol. The lowest BCUT2D eigenvalue weighted by atomic mass is 9.77. The van der Waals surface area contributed by atoms with E-state index in [2.05, 4.69) is 6.92 Å². The minimum atomic E-state index is -0.625. The Bertz CT molecular complexity index is 202. The fourth-order valence-electron chi connectivity index (χ4n) is 2.19. The molecule has 1 saturated carbocycles. The summed E-state index contributed by atoms with van der Waals surface area (Å²) in [5, 5.41) is 8.76. The van der Waals surface area contributed by atoms with Gasteiger partial charge in [-0.3, -0.25) is 4.79 Å². The van der Waals surface area contributed by atoms with E-state index in [1.54, 1.807) is 0 Å². The van der Waals surface area contributed by atoms with E-state index >= 15 is 0 Å². The third-order valence-corrected chi connectivity index (χ3v) is 3.38. The predicted molar refractivity (Wildman–Crippen MR) is 42.8 cm³/mol. The van der Waals surface area contributed by atoms with Gasteiger partial charge in [-0.25, -0.2) is 0 Å². The highest BCUT2D eigenvalue weighted by Gasteiger charge is 2.58. The normalized spacial score (nSPS) is 37.1. The first-order valence-electron chi connectivity index (χ1n) is 4.50. The van der Waals surface area contributed by atoms with Crippen LogP contribution >= 0.6 is 0 Å². The van der Waals surface area contributed by atoms with E-state index in [-0.39, 0.29) is 11.3 Å². The monoisotopic (exact) mass is 170 g/mol. The zero-order valence-electron chi connectivity index (χ0n) is 7.25. The molecule has 0 spiro atoms. The van der Waals surface area contributed by atoms with Crippen LogP contribution in [0.1, 0.15) is 19.8 Å². The smallest absolute Gasteiger partial charge is 0.306 e. The maximum Gasteiger partial charge on any atom is 0.306 e. The molecule has 12 heavy (non-hydrogen) atoms. The van der Waals surface area contributed by atoms with Crippen LogP contribution < -0.4 is 0 Å². The Balaban J connectivity index is 1.98. The molecule has 1 heterocycles. The largest absolute Gasteiger partial charge is 0.481 e. The average Bonchev–Trinajstić information content (AvgIpc) is 2.66. The van der Waals surface area contributed by atoms with Gasteiger partial charge in [0.1, 0.15) is 0 Å². The van der Waals surface area contributed by atoms with Crippen LogP contribution in [-0.2, 0) is 9.53 Å². The van der Waals surface area contributed by atoms with Crippen LogP contribution in [0.5, 0.6) is 0 Å². The van der Waals surface area contributed by atoms with Gasteiger partial charge in [-0.1, -0.05) is 6.92 Å². The molecule has 2 rings (SSSR count). The number of ether oxygens (including phenoxy) is 1. The molecule has 0 aromatic rings. The van der Waals surface area contributed by atoms with Gasteiger partial charge in [-0.15, -0.1) is 0 Å². The van der Waals surface area contributed by atoms with Crippen molar-refractivity contribution in [2.45, 2.75) is 19.8 Å². The number of carbonyl (C=O) groups is 1. The summed E-state index contributed by atoms with van der Waals surface area (Å²) in [5.74, 6) is -0.303. The second-order valence-corrected chi connectivity index (χ2v) is 4.00. The molecule has 1 aliphatic carbocycles. The molecule has 3 heteroatoms. The molecule has 1 aliphatic heterocycles. The van der Waals surface area contributed by atoms with Crippen LogP contribution in [0.25, 0.3) is 0 Å². The van der Waals surface area contributed by atoms with Crippen molar-refractivity contribution in [3.05, 3.63) is 0 Å². The molecule has 1 N–H and O–H groups in total. The van der Waals surface area contributed by atoms with Crippen molar-refractivity contribution in [2.24, 2.45) is 17.3 Å². The third-order valence-electron chi connectivity index (χ3n) is 3.38. The number of aliphatic carboxylic acids is 1. The van der Waals surface area contributed by atoms with Gasteiger partial charge in [0.25, 0.3) is 0 Å². The maximum absolute atomic E-state index is 10.6. The Morgan fingerprint density at radius 2 is 2.33 bits per heavy atom. The number of carboxylic acids is 1. The first kappa shape index (κ1) is 8.05. The highest BCUT2D eigenvalue weighted by atomic mass is 16.5. The first-order valence-corrected chi connectivity index (χ1v) is 4.50. The molecule has 2 atom stereocenters. The topological polar surface area (TPSA) is 46.5 Å². The van der Waals surface area contributed by atoms with Crippen LogP contribution in [-0.4, -0.2) is 24.3 Å². The highest BCUT2D eigenvalue weighted by molar-refractivity contribution is 5.73. The van der Waals surface area contributed by atoms with Crippen molar-refractivity contribution in [1.29, 1.82) is 0 Å². The van der Waals surface area contributed by atoms with E-state index in [0.29, 0.717) is 5.92 Å². The van der Waals surface area contributed by atoms with E-state index in [1.807, 2.05) is 0 Å². The van der Waals surface area contributed by atoms with Crippen LogP contribution in [0.2, 0.25) is 0 Å². The molecule has 2 fully saturated rings. The summed E-state index contributed by atoms with van der Waals surface area (Å²) in [6.07, 6.45) is 1.92. The summed E-state index contributed by atoms with van der Waals surface area (Å²) in [6, 6.07) is 0. The molecule has 0 radical (unpaired) electrons. The molecule has 3 nitrogen and oxygen atoms in total. The molecule has 1 saturated heterocycles. The van der Waals surface area contributed by atoms with Crippen molar-refractivity contribution >= 4 is 5.97 Å². The highest BCUT2D eigenvalue weighted by Crippen LogP contribution is 2.56. The molecule has 0 bridgehead atoms. The zero-order chi connectivity index (χ0) is 8.77. The molecule has 0 aromatic carbocycles. The molecule has 0 aromatic heterocycles. The van der Waals surface area contributed by atoms with Crippen LogP contribution in [0, 0.1) is 17.3 Å². The average molecular weight is 170 g/mol. The predicted octanol–water partition coefficient (Wildman–Crippen LogP) is 1.13. The standard InChI is InChI=1S/C9H14O3/c1-2-9(4-12-5-9)7-3-6(7)8(10)11/h6-7H,2-5H2,1H3,(H,10,11).